The molecule has 0 heterocycles. The Balaban J connectivity index is 1.45. The highest BCUT2D eigenvalue weighted by Gasteiger charge is 2.67. The number of unbranched alkanes of at least 4 members (excludes halogenated alkanes) is 1. The van der Waals surface area contributed by atoms with Crippen molar-refractivity contribution in [2.45, 2.75) is 130 Å². The van der Waals surface area contributed by atoms with E-state index in [1.54, 1.807) is 0 Å². The van der Waals surface area contributed by atoms with Crippen LogP contribution in [0.25, 0.3) is 0 Å². The minimum Gasteiger partial charge on any atom is -0.386 e. The smallest absolute Gasteiger partial charge is 0.158 e. The summed E-state index contributed by atoms with van der Waals surface area (Å²) in [7, 11) is 0. The van der Waals surface area contributed by atoms with Crippen LogP contribution in [0.15, 0.2) is 74.0 Å². The Labute approximate surface area is 282 Å². The van der Waals surface area contributed by atoms with E-state index in [4.69, 9.17) is 0 Å². The Hall–Kier alpha value is -2.39. The van der Waals surface area contributed by atoms with Crippen molar-refractivity contribution < 1.29 is 9.90 Å². The Morgan fingerprint density at radius 1 is 1.02 bits per heavy atom. The van der Waals surface area contributed by atoms with E-state index < -0.39 is 5.60 Å². The molecule has 46 heavy (non-hydrogen) atoms. The maximum atomic E-state index is 14.7. The lowest BCUT2D eigenvalue weighted by Gasteiger charge is -2.35. The SMILES string of the molecule is C=CCCC(=C)C(C)(O)C(CCC=C)CCCCC1C(C(=O)C(NC(=C)CCC(C)C)C2Cc3ccccc3C2)CC2C1C2(C)C. The van der Waals surface area contributed by atoms with Crippen molar-refractivity contribution in [1.29, 1.82) is 0 Å². The Morgan fingerprint density at radius 3 is 2.28 bits per heavy atom. The molecule has 7 unspecified atom stereocenters. The first kappa shape index (κ1) is 36.4. The summed E-state index contributed by atoms with van der Waals surface area (Å²) in [5.74, 6) is 3.37. The van der Waals surface area contributed by atoms with Crippen LogP contribution in [0.4, 0.5) is 0 Å². The number of fused-ring (bicyclic) bond motifs is 2. The summed E-state index contributed by atoms with van der Waals surface area (Å²) in [6, 6.07) is 8.59. The number of hydrogen-bond acceptors (Lipinski definition) is 3. The predicted octanol–water partition coefficient (Wildman–Crippen LogP) is 10.2. The van der Waals surface area contributed by atoms with Crippen LogP contribution in [-0.2, 0) is 17.6 Å². The fourth-order valence-electron chi connectivity index (χ4n) is 9.34. The molecule has 2 N–H and O–H groups in total. The third-order valence-corrected chi connectivity index (χ3v) is 12.5. The average Bonchev–Trinajstić information content (AvgIpc) is 3.34. The number of carbonyl (C=O) groups excluding carboxylic acids is 1. The van der Waals surface area contributed by atoms with E-state index >= 15 is 0 Å². The molecular formula is C43H65NO2. The molecule has 0 amide bonds. The number of benzene rings is 1. The van der Waals surface area contributed by atoms with Crippen LogP contribution in [-0.4, -0.2) is 22.5 Å². The van der Waals surface area contributed by atoms with Crippen LogP contribution < -0.4 is 5.32 Å². The Bertz CT molecular complexity index is 1210. The molecule has 0 bridgehead atoms. The number of ketones is 1. The lowest BCUT2D eigenvalue weighted by Crippen LogP contribution is -2.47. The van der Waals surface area contributed by atoms with Gasteiger partial charge in [0.15, 0.2) is 5.78 Å². The van der Waals surface area contributed by atoms with Crippen LogP contribution in [0.5, 0.6) is 0 Å². The van der Waals surface area contributed by atoms with Crippen LogP contribution in [0.2, 0.25) is 0 Å². The molecule has 3 nitrogen and oxygen atoms in total. The van der Waals surface area contributed by atoms with E-state index in [0.29, 0.717) is 34.9 Å². The van der Waals surface area contributed by atoms with E-state index in [0.717, 1.165) is 94.7 Å². The second-order valence-corrected chi connectivity index (χ2v) is 16.4. The molecule has 7 atom stereocenters. The molecule has 254 valence electrons. The zero-order valence-corrected chi connectivity index (χ0v) is 30.0. The van der Waals surface area contributed by atoms with E-state index in [2.05, 4.69) is 83.6 Å². The third-order valence-electron chi connectivity index (χ3n) is 12.5. The number of aliphatic hydroxyl groups is 1. The molecule has 0 aliphatic heterocycles. The largest absolute Gasteiger partial charge is 0.386 e. The van der Waals surface area contributed by atoms with Gasteiger partial charge in [-0.15, -0.1) is 13.2 Å². The van der Waals surface area contributed by atoms with Gasteiger partial charge in [0.25, 0.3) is 0 Å². The molecule has 3 aliphatic carbocycles. The van der Waals surface area contributed by atoms with Crippen molar-refractivity contribution in [3.8, 4) is 0 Å². The van der Waals surface area contributed by atoms with Gasteiger partial charge in [0, 0.05) is 11.6 Å². The zero-order valence-electron chi connectivity index (χ0n) is 30.0. The first-order chi connectivity index (χ1) is 21.8. The van der Waals surface area contributed by atoms with E-state index in [-0.39, 0.29) is 23.8 Å². The van der Waals surface area contributed by atoms with Gasteiger partial charge in [-0.25, -0.2) is 0 Å². The fourth-order valence-corrected chi connectivity index (χ4v) is 9.34. The van der Waals surface area contributed by atoms with Gasteiger partial charge in [0.2, 0.25) is 0 Å². The monoisotopic (exact) mass is 628 g/mol. The number of hydrogen-bond donors (Lipinski definition) is 2. The summed E-state index contributed by atoms with van der Waals surface area (Å²) < 4.78 is 0. The average molecular weight is 628 g/mol. The van der Waals surface area contributed by atoms with Gasteiger partial charge in [-0.2, -0.15) is 0 Å². The van der Waals surface area contributed by atoms with Gasteiger partial charge < -0.3 is 10.4 Å². The number of nitrogens with one attached hydrogen (secondary N) is 1. The van der Waals surface area contributed by atoms with E-state index in [1.807, 2.05) is 19.1 Å². The number of Topliss-reactive ketones (excluding diaryl/α,β-unsaturated/α-hetero) is 1. The molecule has 3 heteroatoms. The predicted molar refractivity (Wildman–Crippen MR) is 195 cm³/mol. The Kier molecular flexibility index (Phi) is 12.4. The van der Waals surface area contributed by atoms with E-state index in [9.17, 15) is 9.90 Å². The molecule has 1 aromatic rings. The minimum atomic E-state index is -0.892. The highest BCUT2D eigenvalue weighted by molar-refractivity contribution is 5.88. The van der Waals surface area contributed by atoms with Crippen molar-refractivity contribution in [3.05, 3.63) is 85.1 Å². The molecule has 2 fully saturated rings. The zero-order chi connectivity index (χ0) is 33.6. The third kappa shape index (κ3) is 8.36. The van der Waals surface area contributed by atoms with Crippen molar-refractivity contribution in [2.75, 3.05) is 0 Å². The number of allylic oxidation sites excluding steroid dienone is 3. The summed E-state index contributed by atoms with van der Waals surface area (Å²) in [5, 5.41) is 15.3. The summed E-state index contributed by atoms with van der Waals surface area (Å²) in [6.45, 7) is 27.8. The minimum absolute atomic E-state index is 0.125. The maximum absolute atomic E-state index is 14.7. The molecule has 4 rings (SSSR count). The van der Waals surface area contributed by atoms with Gasteiger partial charge in [0.05, 0.1) is 11.6 Å². The standard InChI is InChI=1S/C43H65NO2/c1-10-12-18-30(5)43(9,46)35(21-13-11-2)22-16-17-23-36-37(28-38-39(36)42(38,7)8)41(45)40(44-31(6)25-24-29(3)4)34-26-32-19-14-15-20-33(32)27-34/h10-11,14-15,19-20,29,34-40,44,46H,1-2,5-6,12-13,16-18,21-28H2,3-4,7-9H3. The second kappa shape index (κ2) is 15.7. The normalized spacial score (nSPS) is 25.6. The molecule has 3 aliphatic rings. The van der Waals surface area contributed by atoms with Crippen LogP contribution in [0.3, 0.4) is 0 Å². The van der Waals surface area contributed by atoms with Gasteiger partial charge >= 0.3 is 0 Å². The highest BCUT2D eigenvalue weighted by Crippen LogP contribution is 2.71. The van der Waals surface area contributed by atoms with E-state index in [1.165, 1.54) is 11.1 Å². The van der Waals surface area contributed by atoms with Gasteiger partial charge in [0.1, 0.15) is 0 Å². The fraction of sp³-hybridized carbons (Fsp3) is 0.651. The van der Waals surface area contributed by atoms with Crippen molar-refractivity contribution in [1.82, 2.24) is 5.32 Å². The molecule has 0 radical (unpaired) electrons. The quantitative estimate of drug-likeness (QED) is 0.105. The lowest BCUT2D eigenvalue weighted by molar-refractivity contribution is -0.128. The highest BCUT2D eigenvalue weighted by atomic mass is 16.3. The summed E-state index contributed by atoms with van der Waals surface area (Å²) in [4.78, 5) is 14.7. The summed E-state index contributed by atoms with van der Waals surface area (Å²) in [6.07, 6.45) is 16.5. The van der Waals surface area contributed by atoms with Crippen molar-refractivity contribution in [3.63, 3.8) is 0 Å². The molecule has 2 saturated carbocycles. The molecule has 1 aromatic carbocycles. The lowest BCUT2D eigenvalue weighted by atomic mass is 9.74. The second-order valence-electron chi connectivity index (χ2n) is 16.4. The number of rotatable bonds is 21. The van der Waals surface area contributed by atoms with Crippen LogP contribution in [0.1, 0.15) is 116 Å². The Morgan fingerprint density at radius 2 is 1.67 bits per heavy atom. The van der Waals surface area contributed by atoms with Gasteiger partial charge in [-0.1, -0.05) is 90.1 Å². The molecule has 0 saturated heterocycles. The van der Waals surface area contributed by atoms with Crippen LogP contribution in [0, 0.1) is 46.8 Å². The maximum Gasteiger partial charge on any atom is 0.158 e. The first-order valence-electron chi connectivity index (χ1n) is 18.5. The summed E-state index contributed by atoms with van der Waals surface area (Å²) >= 11 is 0. The van der Waals surface area contributed by atoms with Gasteiger partial charge in [-0.3, -0.25) is 4.79 Å². The first-order valence-corrected chi connectivity index (χ1v) is 18.5. The molecular weight excluding hydrogens is 562 g/mol. The van der Waals surface area contributed by atoms with Crippen LogP contribution >= 0.6 is 0 Å². The number of carbonyl (C=O) groups is 1. The van der Waals surface area contributed by atoms with Gasteiger partial charge in [-0.05, 0) is 135 Å². The molecule has 0 aromatic heterocycles. The topological polar surface area (TPSA) is 49.3 Å². The van der Waals surface area contributed by atoms with Crippen molar-refractivity contribution in [2.24, 2.45) is 46.8 Å². The van der Waals surface area contributed by atoms with Crippen molar-refractivity contribution >= 4 is 5.78 Å². The molecule has 0 spiro atoms. The summed E-state index contributed by atoms with van der Waals surface area (Å²) in [5.41, 5.74) is 4.19.